The van der Waals surface area contributed by atoms with Gasteiger partial charge < -0.3 is 10.8 Å². The Morgan fingerprint density at radius 2 is 2.10 bits per heavy atom. The molecule has 0 aliphatic rings. The summed E-state index contributed by atoms with van der Waals surface area (Å²) >= 11 is 7.24. The van der Waals surface area contributed by atoms with E-state index < -0.39 is 24.5 Å². The average molecular weight is 325 g/mol. The standard InChI is InChI=1S/C14H13ClN2O3S/c15-9-3-1-4-10(7-9)17(8-12(18)19)14(20)13(16)11-5-2-6-21-11/h1-7,13H,8,16H2,(H,18,19). The van der Waals surface area contributed by atoms with Crippen LogP contribution in [0.2, 0.25) is 5.02 Å². The highest BCUT2D eigenvalue weighted by atomic mass is 35.5. The van der Waals surface area contributed by atoms with Crippen LogP contribution in [0.25, 0.3) is 0 Å². The van der Waals surface area contributed by atoms with Crippen molar-refractivity contribution in [3.63, 3.8) is 0 Å². The first-order valence-electron chi connectivity index (χ1n) is 6.07. The summed E-state index contributed by atoms with van der Waals surface area (Å²) in [6, 6.07) is 9.07. The first-order valence-corrected chi connectivity index (χ1v) is 7.32. The van der Waals surface area contributed by atoms with Crippen molar-refractivity contribution in [2.24, 2.45) is 5.73 Å². The van der Waals surface area contributed by atoms with Gasteiger partial charge in [0.25, 0.3) is 0 Å². The van der Waals surface area contributed by atoms with Gasteiger partial charge >= 0.3 is 5.97 Å². The van der Waals surface area contributed by atoms with Gasteiger partial charge in [-0.1, -0.05) is 23.7 Å². The Hall–Kier alpha value is -1.89. The quantitative estimate of drug-likeness (QED) is 0.885. The van der Waals surface area contributed by atoms with E-state index in [4.69, 9.17) is 22.4 Å². The first kappa shape index (κ1) is 15.5. The van der Waals surface area contributed by atoms with Gasteiger partial charge in [-0.15, -0.1) is 11.3 Å². The molecule has 0 spiro atoms. The molecule has 2 rings (SSSR count). The lowest BCUT2D eigenvalue weighted by molar-refractivity contribution is -0.136. The zero-order valence-electron chi connectivity index (χ0n) is 10.9. The number of carbonyl (C=O) groups excluding carboxylic acids is 1. The lowest BCUT2D eigenvalue weighted by Gasteiger charge is -2.24. The van der Waals surface area contributed by atoms with E-state index in [1.807, 2.05) is 5.38 Å². The SMILES string of the molecule is NC(C(=O)N(CC(=O)O)c1cccc(Cl)c1)c1cccs1. The van der Waals surface area contributed by atoms with Crippen LogP contribution in [0.4, 0.5) is 5.69 Å². The van der Waals surface area contributed by atoms with Gasteiger partial charge in [0.1, 0.15) is 12.6 Å². The Balaban J connectivity index is 2.31. The van der Waals surface area contributed by atoms with Crippen LogP contribution in [-0.4, -0.2) is 23.5 Å². The number of benzene rings is 1. The normalized spacial score (nSPS) is 11.9. The molecule has 0 saturated heterocycles. The molecular formula is C14H13ClN2O3S. The molecule has 3 N–H and O–H groups in total. The van der Waals surface area contributed by atoms with Crippen LogP contribution in [0.3, 0.4) is 0 Å². The molecule has 0 saturated carbocycles. The summed E-state index contributed by atoms with van der Waals surface area (Å²) in [5.74, 6) is -1.61. The Kier molecular flexibility index (Phi) is 4.95. The lowest BCUT2D eigenvalue weighted by Crippen LogP contribution is -2.41. The number of anilines is 1. The summed E-state index contributed by atoms with van der Waals surface area (Å²) < 4.78 is 0. The smallest absolute Gasteiger partial charge is 0.323 e. The monoisotopic (exact) mass is 324 g/mol. The average Bonchev–Trinajstić information content (AvgIpc) is 2.97. The molecule has 1 aromatic carbocycles. The number of rotatable bonds is 5. The van der Waals surface area contributed by atoms with Gasteiger partial charge in [0, 0.05) is 15.6 Å². The fraction of sp³-hybridized carbons (Fsp3) is 0.143. The number of aliphatic carboxylic acids is 1. The predicted octanol–water partition coefficient (Wildman–Crippen LogP) is 2.52. The van der Waals surface area contributed by atoms with E-state index in [0.29, 0.717) is 15.6 Å². The van der Waals surface area contributed by atoms with Gasteiger partial charge in [-0.25, -0.2) is 0 Å². The van der Waals surface area contributed by atoms with Crippen molar-refractivity contribution in [1.29, 1.82) is 0 Å². The first-order chi connectivity index (χ1) is 9.99. The van der Waals surface area contributed by atoms with E-state index >= 15 is 0 Å². The summed E-state index contributed by atoms with van der Waals surface area (Å²) in [7, 11) is 0. The molecule has 1 atom stereocenters. The fourth-order valence-corrected chi connectivity index (χ4v) is 2.74. The van der Waals surface area contributed by atoms with E-state index in [-0.39, 0.29) is 0 Å². The van der Waals surface area contributed by atoms with Gasteiger partial charge in [-0.3, -0.25) is 14.5 Å². The van der Waals surface area contributed by atoms with Crippen LogP contribution < -0.4 is 10.6 Å². The maximum absolute atomic E-state index is 12.5. The number of nitrogens with two attached hydrogens (primary N) is 1. The van der Waals surface area contributed by atoms with E-state index in [0.717, 1.165) is 4.90 Å². The summed E-state index contributed by atoms with van der Waals surface area (Å²) in [4.78, 5) is 25.3. The molecule has 110 valence electrons. The number of hydrogen-bond donors (Lipinski definition) is 2. The zero-order valence-corrected chi connectivity index (χ0v) is 12.5. The second kappa shape index (κ2) is 6.71. The molecule has 0 radical (unpaired) electrons. The number of carboxylic acids is 1. The minimum Gasteiger partial charge on any atom is -0.480 e. The van der Waals surface area contributed by atoms with Crippen molar-refractivity contribution in [1.82, 2.24) is 0 Å². The Morgan fingerprint density at radius 1 is 1.33 bits per heavy atom. The van der Waals surface area contributed by atoms with Crippen molar-refractivity contribution in [2.75, 3.05) is 11.4 Å². The minimum atomic E-state index is -1.12. The zero-order chi connectivity index (χ0) is 15.4. The number of nitrogens with zero attached hydrogens (tertiary/aromatic N) is 1. The highest BCUT2D eigenvalue weighted by molar-refractivity contribution is 7.10. The molecule has 1 unspecified atom stereocenters. The number of amides is 1. The lowest BCUT2D eigenvalue weighted by atomic mass is 10.2. The molecule has 0 bridgehead atoms. The Morgan fingerprint density at radius 3 is 2.67 bits per heavy atom. The molecule has 0 aliphatic carbocycles. The third kappa shape index (κ3) is 3.81. The Labute approximate surface area is 130 Å². The molecular weight excluding hydrogens is 312 g/mol. The Bertz CT molecular complexity index is 645. The number of carboxylic acid groups (broad SMARTS) is 1. The highest BCUT2D eigenvalue weighted by Gasteiger charge is 2.26. The molecule has 21 heavy (non-hydrogen) atoms. The molecule has 0 fully saturated rings. The maximum Gasteiger partial charge on any atom is 0.323 e. The van der Waals surface area contributed by atoms with Gasteiger partial charge in [-0.2, -0.15) is 0 Å². The summed E-state index contributed by atoms with van der Waals surface area (Å²) in [5.41, 5.74) is 6.33. The second-order valence-corrected chi connectivity index (χ2v) is 5.71. The van der Waals surface area contributed by atoms with Crippen molar-refractivity contribution >= 4 is 40.5 Å². The largest absolute Gasteiger partial charge is 0.480 e. The predicted molar refractivity (Wildman–Crippen MR) is 82.7 cm³/mol. The van der Waals surface area contributed by atoms with Gasteiger partial charge in [0.15, 0.2) is 0 Å². The van der Waals surface area contributed by atoms with E-state index in [9.17, 15) is 9.59 Å². The summed E-state index contributed by atoms with van der Waals surface area (Å²) in [6.45, 7) is -0.474. The van der Waals surface area contributed by atoms with Gasteiger partial charge in [-0.05, 0) is 29.6 Å². The highest BCUT2D eigenvalue weighted by Crippen LogP contribution is 2.24. The van der Waals surface area contributed by atoms with E-state index in [1.165, 1.54) is 17.4 Å². The summed E-state index contributed by atoms with van der Waals surface area (Å²) in [6.07, 6.45) is 0. The maximum atomic E-state index is 12.5. The van der Waals surface area contributed by atoms with E-state index in [2.05, 4.69) is 0 Å². The van der Waals surface area contributed by atoms with Crippen LogP contribution in [0.5, 0.6) is 0 Å². The van der Waals surface area contributed by atoms with Gasteiger partial charge in [0.2, 0.25) is 5.91 Å². The summed E-state index contributed by atoms with van der Waals surface area (Å²) in [5, 5.41) is 11.2. The fourth-order valence-electron chi connectivity index (χ4n) is 1.83. The van der Waals surface area contributed by atoms with Crippen LogP contribution in [0, 0.1) is 0 Å². The van der Waals surface area contributed by atoms with Crippen LogP contribution in [0.15, 0.2) is 41.8 Å². The van der Waals surface area contributed by atoms with E-state index in [1.54, 1.807) is 30.3 Å². The number of hydrogen-bond acceptors (Lipinski definition) is 4. The molecule has 2 aromatic rings. The minimum absolute atomic E-state index is 0.405. The van der Waals surface area contributed by atoms with Crippen LogP contribution in [0.1, 0.15) is 10.9 Å². The molecule has 0 aliphatic heterocycles. The van der Waals surface area contributed by atoms with Crippen LogP contribution >= 0.6 is 22.9 Å². The second-order valence-electron chi connectivity index (χ2n) is 4.29. The van der Waals surface area contributed by atoms with Crippen molar-refractivity contribution in [3.05, 3.63) is 51.7 Å². The topological polar surface area (TPSA) is 83.6 Å². The van der Waals surface area contributed by atoms with Crippen molar-refractivity contribution in [3.8, 4) is 0 Å². The number of thiophene rings is 1. The van der Waals surface area contributed by atoms with Gasteiger partial charge in [0.05, 0.1) is 0 Å². The number of carbonyl (C=O) groups is 2. The third-order valence-electron chi connectivity index (χ3n) is 2.80. The molecule has 1 amide bonds. The number of halogens is 1. The third-order valence-corrected chi connectivity index (χ3v) is 3.99. The molecule has 1 aromatic heterocycles. The van der Waals surface area contributed by atoms with Crippen molar-refractivity contribution < 1.29 is 14.7 Å². The van der Waals surface area contributed by atoms with Crippen LogP contribution in [-0.2, 0) is 9.59 Å². The molecule has 7 heteroatoms. The van der Waals surface area contributed by atoms with Crippen molar-refractivity contribution in [2.45, 2.75) is 6.04 Å². The molecule has 5 nitrogen and oxygen atoms in total. The molecule has 1 heterocycles.